The van der Waals surface area contributed by atoms with E-state index in [1.54, 1.807) is 11.3 Å². The van der Waals surface area contributed by atoms with E-state index in [0.29, 0.717) is 18.0 Å². The molecule has 3 atom stereocenters. The molecule has 2 bridgehead atoms. The molecule has 2 fully saturated rings. The van der Waals surface area contributed by atoms with Crippen LogP contribution in [0.1, 0.15) is 32.1 Å². The molecule has 30 heavy (non-hydrogen) atoms. The van der Waals surface area contributed by atoms with Crippen LogP contribution >= 0.6 is 11.3 Å². The van der Waals surface area contributed by atoms with Crippen molar-refractivity contribution in [2.75, 3.05) is 0 Å². The van der Waals surface area contributed by atoms with Crippen molar-refractivity contribution in [2.45, 2.75) is 50.3 Å². The third kappa shape index (κ3) is 3.26. The zero-order valence-corrected chi connectivity index (χ0v) is 17.2. The van der Waals surface area contributed by atoms with Crippen LogP contribution in [-0.2, 0) is 0 Å². The quantitative estimate of drug-likeness (QED) is 0.516. The first-order valence-corrected chi connectivity index (χ1v) is 11.3. The lowest BCUT2D eigenvalue weighted by Gasteiger charge is -2.39. The van der Waals surface area contributed by atoms with E-state index in [9.17, 15) is 0 Å². The summed E-state index contributed by atoms with van der Waals surface area (Å²) in [7, 11) is 0. The maximum Gasteiger partial charge on any atom is 0.233 e. The normalized spacial score (nSPS) is 23.5. The maximum atomic E-state index is 6.19. The Labute approximate surface area is 177 Å². The first-order chi connectivity index (χ1) is 14.8. The number of nitrogens with zero attached hydrogens (tertiary/aromatic N) is 4. The zero-order valence-electron chi connectivity index (χ0n) is 16.4. The Morgan fingerprint density at radius 2 is 1.87 bits per heavy atom. The minimum Gasteiger partial charge on any atom is -0.473 e. The van der Waals surface area contributed by atoms with Crippen molar-refractivity contribution in [2.24, 2.45) is 0 Å². The smallest absolute Gasteiger partial charge is 0.233 e. The Morgan fingerprint density at radius 1 is 1.00 bits per heavy atom. The predicted octanol–water partition coefficient (Wildman–Crippen LogP) is 4.20. The molecule has 1 unspecified atom stereocenters. The molecule has 5 heterocycles. The molecule has 3 aromatic heterocycles. The van der Waals surface area contributed by atoms with Gasteiger partial charge in [0.15, 0.2) is 0 Å². The molecule has 0 aliphatic carbocycles. The topological polar surface area (TPSA) is 88.6 Å². The number of ether oxygens (including phenoxy) is 1. The highest BCUT2D eigenvalue weighted by Crippen LogP contribution is 2.36. The number of aromatic amines is 1. The van der Waals surface area contributed by atoms with Crippen LogP contribution in [0, 0.1) is 0 Å². The van der Waals surface area contributed by atoms with Crippen molar-refractivity contribution in [3.05, 3.63) is 42.2 Å². The van der Waals surface area contributed by atoms with Gasteiger partial charge in [-0.1, -0.05) is 18.6 Å². The van der Waals surface area contributed by atoms with E-state index in [2.05, 4.69) is 42.8 Å². The van der Waals surface area contributed by atoms with E-state index in [4.69, 9.17) is 4.74 Å². The van der Waals surface area contributed by atoms with Crippen LogP contribution in [-0.4, -0.2) is 43.6 Å². The summed E-state index contributed by atoms with van der Waals surface area (Å²) in [5.74, 6) is 0.610. The molecule has 0 amide bonds. The molecule has 152 valence electrons. The van der Waals surface area contributed by atoms with Crippen molar-refractivity contribution in [3.8, 4) is 28.3 Å². The average Bonchev–Trinajstić information content (AvgIpc) is 3.46. The summed E-state index contributed by atoms with van der Waals surface area (Å²) in [5.41, 5.74) is 6.79. The third-order valence-corrected chi connectivity index (χ3v) is 7.03. The van der Waals surface area contributed by atoms with E-state index < -0.39 is 0 Å². The van der Waals surface area contributed by atoms with Crippen molar-refractivity contribution in [3.63, 3.8) is 0 Å². The van der Waals surface area contributed by atoms with E-state index in [1.807, 2.05) is 30.0 Å². The summed E-state index contributed by atoms with van der Waals surface area (Å²) in [6.45, 7) is 0. The van der Waals surface area contributed by atoms with Gasteiger partial charge in [0.1, 0.15) is 6.10 Å². The van der Waals surface area contributed by atoms with Crippen LogP contribution in [0.25, 0.3) is 32.6 Å². The van der Waals surface area contributed by atoms with E-state index in [-0.39, 0.29) is 6.10 Å². The number of aromatic nitrogens is 5. The number of benzene rings is 1. The van der Waals surface area contributed by atoms with Gasteiger partial charge in [0.2, 0.25) is 5.88 Å². The van der Waals surface area contributed by atoms with Gasteiger partial charge in [-0.05, 0) is 31.7 Å². The summed E-state index contributed by atoms with van der Waals surface area (Å²) in [6, 6.07) is 9.27. The molecule has 7 nitrogen and oxygen atoms in total. The number of nitrogens with one attached hydrogen (secondary N) is 2. The summed E-state index contributed by atoms with van der Waals surface area (Å²) >= 11 is 1.61. The average molecular weight is 419 g/mol. The van der Waals surface area contributed by atoms with Crippen LogP contribution in [0.2, 0.25) is 0 Å². The molecule has 0 saturated carbocycles. The minimum atomic E-state index is 0.226. The number of rotatable bonds is 4. The molecular weight excluding hydrogens is 396 g/mol. The van der Waals surface area contributed by atoms with Crippen molar-refractivity contribution in [1.29, 1.82) is 0 Å². The van der Waals surface area contributed by atoms with E-state index in [0.717, 1.165) is 45.4 Å². The molecule has 0 spiro atoms. The van der Waals surface area contributed by atoms with Gasteiger partial charge in [-0.3, -0.25) is 5.10 Å². The minimum absolute atomic E-state index is 0.226. The molecular formula is C22H22N6OS. The number of H-pyrrole nitrogens is 1. The SMILES string of the molecule is c1nc2c(-c3cn[nH]c3)ccc(-c3ccc(OC4C[C@H]5CCC[C@@H](C4)N5)nn3)c2s1. The lowest BCUT2D eigenvalue weighted by Crippen LogP contribution is -2.51. The Kier molecular flexibility index (Phi) is 4.46. The second kappa shape index (κ2) is 7.45. The van der Waals surface area contributed by atoms with Gasteiger partial charge in [0.05, 0.1) is 27.6 Å². The standard InChI is InChI=1S/C22H22N6OS/c1-2-14-8-16(9-15(3-1)26-14)29-20-7-6-19(27-28-20)18-5-4-17(13-10-24-25-11-13)21-22(18)30-12-23-21/h4-7,10-12,14-16,26H,1-3,8-9H2,(H,24,25)/t14-,15+,16?. The molecule has 4 aromatic rings. The second-order valence-electron chi connectivity index (χ2n) is 8.14. The fourth-order valence-electron chi connectivity index (χ4n) is 4.79. The molecule has 2 saturated heterocycles. The van der Waals surface area contributed by atoms with Crippen LogP contribution < -0.4 is 10.1 Å². The molecule has 6 rings (SSSR count). The van der Waals surface area contributed by atoms with Crippen molar-refractivity contribution < 1.29 is 4.74 Å². The third-order valence-electron chi connectivity index (χ3n) is 6.17. The highest BCUT2D eigenvalue weighted by Gasteiger charge is 2.32. The van der Waals surface area contributed by atoms with Gasteiger partial charge >= 0.3 is 0 Å². The number of fused-ring (bicyclic) bond motifs is 3. The molecule has 2 N–H and O–H groups in total. The first-order valence-electron chi connectivity index (χ1n) is 10.5. The van der Waals surface area contributed by atoms with Crippen LogP contribution in [0.3, 0.4) is 0 Å². The molecule has 2 aliphatic rings. The highest BCUT2D eigenvalue weighted by atomic mass is 32.1. The van der Waals surface area contributed by atoms with Gasteiger partial charge in [-0.25, -0.2) is 4.98 Å². The molecule has 2 aliphatic heterocycles. The number of thiazole rings is 1. The number of hydrogen-bond donors (Lipinski definition) is 2. The van der Waals surface area contributed by atoms with E-state index >= 15 is 0 Å². The van der Waals surface area contributed by atoms with Gasteiger partial charge in [0, 0.05) is 41.0 Å². The molecule has 0 radical (unpaired) electrons. The van der Waals surface area contributed by atoms with Crippen LogP contribution in [0.15, 0.2) is 42.2 Å². The monoisotopic (exact) mass is 418 g/mol. The Bertz CT molecular complexity index is 1140. The summed E-state index contributed by atoms with van der Waals surface area (Å²) in [5, 5.41) is 19.5. The zero-order chi connectivity index (χ0) is 19.9. The number of piperidine rings is 2. The van der Waals surface area contributed by atoms with Crippen LogP contribution in [0.5, 0.6) is 5.88 Å². The molecule has 8 heteroatoms. The predicted molar refractivity (Wildman–Crippen MR) is 116 cm³/mol. The first kappa shape index (κ1) is 18.0. The summed E-state index contributed by atoms with van der Waals surface area (Å²) in [4.78, 5) is 4.58. The largest absolute Gasteiger partial charge is 0.473 e. The number of hydrogen-bond acceptors (Lipinski definition) is 7. The lowest BCUT2D eigenvalue weighted by atomic mass is 9.85. The molecule has 1 aromatic carbocycles. The van der Waals surface area contributed by atoms with E-state index in [1.165, 1.54) is 19.3 Å². The van der Waals surface area contributed by atoms with Gasteiger partial charge in [-0.2, -0.15) is 5.10 Å². The van der Waals surface area contributed by atoms with Crippen molar-refractivity contribution in [1.82, 2.24) is 30.7 Å². The summed E-state index contributed by atoms with van der Waals surface area (Å²) in [6.07, 6.45) is 9.86. The van der Waals surface area contributed by atoms with Gasteiger partial charge in [0.25, 0.3) is 0 Å². The fraction of sp³-hybridized carbons (Fsp3) is 0.364. The Hall–Kier alpha value is -2.84. The highest BCUT2D eigenvalue weighted by molar-refractivity contribution is 7.17. The summed E-state index contributed by atoms with van der Waals surface area (Å²) < 4.78 is 7.29. The van der Waals surface area contributed by atoms with Gasteiger partial charge < -0.3 is 10.1 Å². The van der Waals surface area contributed by atoms with Crippen molar-refractivity contribution >= 4 is 21.6 Å². The Balaban J connectivity index is 1.25. The maximum absolute atomic E-state index is 6.19. The van der Waals surface area contributed by atoms with Gasteiger partial charge in [-0.15, -0.1) is 21.5 Å². The van der Waals surface area contributed by atoms with Crippen LogP contribution in [0.4, 0.5) is 0 Å². The fourth-order valence-corrected chi connectivity index (χ4v) is 5.63. The lowest BCUT2D eigenvalue weighted by molar-refractivity contribution is 0.0881. The Morgan fingerprint density at radius 3 is 2.63 bits per heavy atom. The second-order valence-corrected chi connectivity index (χ2v) is 8.99.